The molecule has 1 amide bonds. The molecule has 0 aliphatic carbocycles. The second-order valence-electron chi connectivity index (χ2n) is 12.5. The fourth-order valence-corrected chi connectivity index (χ4v) is 6.37. The summed E-state index contributed by atoms with van der Waals surface area (Å²) in [6, 6.07) is 45.0. The summed E-state index contributed by atoms with van der Waals surface area (Å²) >= 11 is 17.1. The minimum absolute atomic E-state index is 0.00700. The Bertz CT molecular complexity index is 1780. The van der Waals surface area contributed by atoms with Crippen molar-refractivity contribution in [3.05, 3.63) is 167 Å². The third-order valence-electron chi connectivity index (χ3n) is 8.73. The van der Waals surface area contributed by atoms with Crippen LogP contribution in [0.5, 0.6) is 0 Å². The van der Waals surface area contributed by atoms with Crippen molar-refractivity contribution in [3.8, 4) is 11.1 Å². The number of aliphatic hydroxyl groups is 1. The lowest BCUT2D eigenvalue weighted by molar-refractivity contribution is -0.253. The second-order valence-corrected chi connectivity index (χ2v) is 14.8. The van der Waals surface area contributed by atoms with E-state index in [-0.39, 0.29) is 25.4 Å². The quantitative estimate of drug-likeness (QED) is 0.126. The van der Waals surface area contributed by atoms with Gasteiger partial charge in [-0.3, -0.25) is 9.69 Å². The maximum atomic E-state index is 12.0. The van der Waals surface area contributed by atoms with Gasteiger partial charge in [-0.25, -0.2) is 0 Å². The Morgan fingerprint density at radius 2 is 1.30 bits per heavy atom. The third-order valence-corrected chi connectivity index (χ3v) is 9.24. The van der Waals surface area contributed by atoms with E-state index in [0.717, 1.165) is 46.5 Å². The standard InChI is InChI=1S/C41H39Cl3N2O4/c42-41(43,44)40(48)45-24-32-12-7-13-36(22-32)33-18-20-35(21-19-33)39-49-37(23-38(50-39)34-16-14-31(28-47)15-17-34)27-46(25-29-8-3-1-4-9-29)26-30-10-5-2-6-11-30/h1-22,37-39,47H,23-28H2,(H,45,48)/t37-,38+,39+/m1/s1. The summed E-state index contributed by atoms with van der Waals surface area (Å²) in [5, 5.41) is 12.3. The van der Waals surface area contributed by atoms with E-state index in [4.69, 9.17) is 44.3 Å². The molecule has 0 spiro atoms. The zero-order valence-electron chi connectivity index (χ0n) is 27.4. The Hall–Kier alpha value is -3.72. The zero-order valence-corrected chi connectivity index (χ0v) is 29.7. The van der Waals surface area contributed by atoms with Crippen LogP contribution in [-0.4, -0.2) is 32.4 Å². The van der Waals surface area contributed by atoms with Crippen LogP contribution in [-0.2, 0) is 40.5 Å². The van der Waals surface area contributed by atoms with Crippen LogP contribution in [0, 0.1) is 0 Å². The first kappa shape index (κ1) is 36.1. The number of aliphatic hydroxyl groups excluding tert-OH is 1. The van der Waals surface area contributed by atoms with Gasteiger partial charge >= 0.3 is 0 Å². The molecule has 258 valence electrons. The second kappa shape index (κ2) is 17.0. The number of amides is 1. The van der Waals surface area contributed by atoms with Gasteiger partial charge < -0.3 is 19.9 Å². The number of ether oxygens (including phenoxy) is 2. The zero-order chi connectivity index (χ0) is 34.9. The van der Waals surface area contributed by atoms with E-state index in [2.05, 4.69) is 58.7 Å². The highest BCUT2D eigenvalue weighted by atomic mass is 35.6. The Morgan fingerprint density at radius 3 is 1.90 bits per heavy atom. The summed E-state index contributed by atoms with van der Waals surface area (Å²) in [4.78, 5) is 14.5. The van der Waals surface area contributed by atoms with Gasteiger partial charge in [0.2, 0.25) is 0 Å². The number of carbonyl (C=O) groups excluding carboxylic acids is 1. The lowest BCUT2D eigenvalue weighted by Gasteiger charge is -2.38. The predicted octanol–water partition coefficient (Wildman–Crippen LogP) is 9.08. The third kappa shape index (κ3) is 9.95. The number of hydrogen-bond donors (Lipinski definition) is 2. The van der Waals surface area contributed by atoms with Crippen LogP contribution in [0.2, 0.25) is 0 Å². The van der Waals surface area contributed by atoms with Crippen LogP contribution < -0.4 is 5.32 Å². The molecular weight excluding hydrogens is 691 g/mol. The number of benzene rings is 5. The first-order valence-corrected chi connectivity index (χ1v) is 17.7. The number of nitrogens with zero attached hydrogens (tertiary/aromatic N) is 1. The van der Waals surface area contributed by atoms with Gasteiger partial charge in [0, 0.05) is 38.2 Å². The molecule has 1 saturated heterocycles. The first-order chi connectivity index (χ1) is 24.2. The molecule has 1 aliphatic heterocycles. The van der Waals surface area contributed by atoms with Crippen LogP contribution in [0.15, 0.2) is 133 Å². The predicted molar refractivity (Wildman–Crippen MR) is 199 cm³/mol. The fraction of sp³-hybridized carbons (Fsp3) is 0.244. The smallest absolute Gasteiger partial charge is 0.272 e. The van der Waals surface area contributed by atoms with E-state index < -0.39 is 16.0 Å². The molecule has 0 bridgehead atoms. The number of alkyl halides is 3. The Balaban J connectivity index is 1.22. The molecule has 1 heterocycles. The van der Waals surface area contributed by atoms with Crippen LogP contribution in [0.4, 0.5) is 0 Å². The Kier molecular flexibility index (Phi) is 12.3. The van der Waals surface area contributed by atoms with Gasteiger partial charge in [0.05, 0.1) is 18.8 Å². The van der Waals surface area contributed by atoms with E-state index in [1.54, 1.807) is 0 Å². The molecule has 6 nitrogen and oxygen atoms in total. The molecule has 0 aromatic heterocycles. The van der Waals surface area contributed by atoms with E-state index >= 15 is 0 Å². The maximum Gasteiger partial charge on any atom is 0.272 e. The minimum atomic E-state index is -2.01. The Labute approximate surface area is 308 Å². The lowest BCUT2D eigenvalue weighted by Crippen LogP contribution is -2.39. The molecule has 1 aliphatic rings. The van der Waals surface area contributed by atoms with Gasteiger partial charge in [0.25, 0.3) is 9.70 Å². The summed E-state index contributed by atoms with van der Waals surface area (Å²) in [5.41, 5.74) is 8.18. The maximum absolute atomic E-state index is 12.0. The van der Waals surface area contributed by atoms with Gasteiger partial charge in [0.1, 0.15) is 0 Å². The summed E-state index contributed by atoms with van der Waals surface area (Å²) in [7, 11) is 0. The van der Waals surface area contributed by atoms with Crippen molar-refractivity contribution in [1.82, 2.24) is 10.2 Å². The molecule has 3 atom stereocenters. The molecule has 2 N–H and O–H groups in total. The molecule has 50 heavy (non-hydrogen) atoms. The molecule has 6 rings (SSSR count). The minimum Gasteiger partial charge on any atom is -0.392 e. The van der Waals surface area contributed by atoms with Crippen LogP contribution >= 0.6 is 34.8 Å². The van der Waals surface area contributed by atoms with Gasteiger partial charge in [-0.1, -0.05) is 162 Å². The molecule has 5 aromatic rings. The van der Waals surface area contributed by atoms with E-state index in [0.29, 0.717) is 13.0 Å². The average Bonchev–Trinajstić information content (AvgIpc) is 3.14. The average molecular weight is 730 g/mol. The van der Waals surface area contributed by atoms with Gasteiger partial charge in [-0.2, -0.15) is 0 Å². The number of hydrogen-bond acceptors (Lipinski definition) is 5. The largest absolute Gasteiger partial charge is 0.392 e. The highest BCUT2D eigenvalue weighted by Gasteiger charge is 2.33. The van der Waals surface area contributed by atoms with Crippen molar-refractivity contribution in [3.63, 3.8) is 0 Å². The topological polar surface area (TPSA) is 71.0 Å². The number of halogens is 3. The fourth-order valence-electron chi connectivity index (χ4n) is 6.17. The SMILES string of the molecule is O=C(NCc1cccc(-c2ccc([C@H]3O[C@@H](CN(Cc4ccccc4)Cc4ccccc4)C[C@@H](c4ccc(CO)cc4)O3)cc2)c1)C(Cl)(Cl)Cl. The van der Waals surface area contributed by atoms with Crippen molar-refractivity contribution in [2.24, 2.45) is 0 Å². The molecular formula is C41H39Cl3N2O4. The van der Waals surface area contributed by atoms with Crippen molar-refractivity contribution >= 4 is 40.7 Å². The van der Waals surface area contributed by atoms with Crippen LogP contribution in [0.1, 0.15) is 52.2 Å². The van der Waals surface area contributed by atoms with Gasteiger partial charge in [0.15, 0.2) is 6.29 Å². The van der Waals surface area contributed by atoms with Crippen LogP contribution in [0.3, 0.4) is 0 Å². The van der Waals surface area contributed by atoms with Crippen molar-refractivity contribution in [2.75, 3.05) is 6.54 Å². The van der Waals surface area contributed by atoms with Crippen molar-refractivity contribution < 1.29 is 19.4 Å². The first-order valence-electron chi connectivity index (χ1n) is 16.6. The highest BCUT2D eigenvalue weighted by molar-refractivity contribution is 6.76. The van der Waals surface area contributed by atoms with Crippen molar-refractivity contribution in [2.45, 2.75) is 55.0 Å². The van der Waals surface area contributed by atoms with Gasteiger partial charge in [-0.15, -0.1) is 0 Å². The molecule has 1 fully saturated rings. The lowest BCUT2D eigenvalue weighted by atomic mass is 9.98. The summed E-state index contributed by atoms with van der Waals surface area (Å²) < 4.78 is 11.4. The number of rotatable bonds is 12. The van der Waals surface area contributed by atoms with Crippen molar-refractivity contribution in [1.29, 1.82) is 0 Å². The van der Waals surface area contributed by atoms with Crippen LogP contribution in [0.25, 0.3) is 11.1 Å². The highest BCUT2D eigenvalue weighted by Crippen LogP contribution is 2.39. The summed E-state index contributed by atoms with van der Waals surface area (Å²) in [5.74, 6) is -0.672. The monoisotopic (exact) mass is 728 g/mol. The summed E-state index contributed by atoms with van der Waals surface area (Å²) in [6.07, 6.45) is -0.192. The number of nitrogens with one attached hydrogen (secondary N) is 1. The van der Waals surface area contributed by atoms with E-state index in [1.165, 1.54) is 11.1 Å². The van der Waals surface area contributed by atoms with E-state index in [1.807, 2.05) is 84.9 Å². The molecule has 0 unspecified atom stereocenters. The normalized spacial score (nSPS) is 17.8. The van der Waals surface area contributed by atoms with E-state index in [9.17, 15) is 9.90 Å². The summed E-state index contributed by atoms with van der Waals surface area (Å²) in [6.45, 7) is 2.52. The molecule has 0 radical (unpaired) electrons. The molecule has 0 saturated carbocycles. The van der Waals surface area contributed by atoms with Gasteiger partial charge in [-0.05, 0) is 45.0 Å². The molecule has 9 heteroatoms. The Morgan fingerprint density at radius 1 is 0.700 bits per heavy atom. The molecule has 5 aromatic carbocycles. The number of carbonyl (C=O) groups is 1.